The van der Waals surface area contributed by atoms with Gasteiger partial charge in [-0.05, 0) is 18.6 Å². The molecule has 17 heavy (non-hydrogen) atoms. The fourth-order valence-electron chi connectivity index (χ4n) is 1.28. The predicted octanol–water partition coefficient (Wildman–Crippen LogP) is 1.59. The molecule has 0 bridgehead atoms. The van der Waals surface area contributed by atoms with Crippen molar-refractivity contribution in [1.29, 1.82) is 0 Å². The molecule has 0 saturated heterocycles. The number of halogens is 1. The number of rotatable bonds is 2. The van der Waals surface area contributed by atoms with Gasteiger partial charge in [-0.3, -0.25) is 4.79 Å². The average molecular weight is 235 g/mol. The molecule has 6 heteroatoms. The molecule has 2 aromatic rings. The second kappa shape index (κ2) is 4.25. The quantitative estimate of drug-likeness (QED) is 0.828. The molecule has 1 aromatic carbocycles. The molecule has 0 aliphatic heterocycles. The lowest BCUT2D eigenvalue weighted by Gasteiger charge is -2.08. The van der Waals surface area contributed by atoms with Gasteiger partial charge in [0.2, 0.25) is 5.88 Å². The van der Waals surface area contributed by atoms with Crippen LogP contribution < -0.4 is 16.0 Å². The first-order valence-corrected chi connectivity index (χ1v) is 4.85. The highest BCUT2D eigenvalue weighted by Gasteiger charge is 2.11. The number of aryl methyl sites for hydroxylation is 1. The molecule has 3 N–H and O–H groups in total. The molecular weight excluding hydrogens is 225 g/mol. The van der Waals surface area contributed by atoms with Gasteiger partial charge in [0.15, 0.2) is 17.3 Å². The molecule has 0 amide bonds. The van der Waals surface area contributed by atoms with Crippen molar-refractivity contribution in [2.75, 3.05) is 5.73 Å². The molecule has 0 radical (unpaired) electrons. The van der Waals surface area contributed by atoms with Crippen LogP contribution in [0.1, 0.15) is 5.56 Å². The van der Waals surface area contributed by atoms with Gasteiger partial charge in [0, 0.05) is 0 Å². The maximum absolute atomic E-state index is 13.6. The van der Waals surface area contributed by atoms with Crippen molar-refractivity contribution < 1.29 is 9.13 Å². The number of benzene rings is 1. The summed E-state index contributed by atoms with van der Waals surface area (Å²) in [7, 11) is 0. The van der Waals surface area contributed by atoms with Crippen molar-refractivity contribution in [2.45, 2.75) is 6.92 Å². The minimum Gasteiger partial charge on any atom is -0.434 e. The summed E-state index contributed by atoms with van der Waals surface area (Å²) in [6.45, 7) is 1.61. The predicted molar refractivity (Wildman–Crippen MR) is 60.5 cm³/mol. The van der Waals surface area contributed by atoms with E-state index in [0.29, 0.717) is 5.56 Å². The van der Waals surface area contributed by atoms with Gasteiger partial charge in [0.05, 0.1) is 6.33 Å². The Labute approximate surface area is 96.1 Å². The van der Waals surface area contributed by atoms with Crippen LogP contribution in [0.15, 0.2) is 29.3 Å². The first-order chi connectivity index (χ1) is 8.09. The summed E-state index contributed by atoms with van der Waals surface area (Å²) in [6.07, 6.45) is 1.14. The Hall–Kier alpha value is -2.37. The number of aromatic nitrogens is 2. The molecule has 0 fully saturated rings. The summed E-state index contributed by atoms with van der Waals surface area (Å²) in [6, 6.07) is 4.68. The number of nitrogens with zero attached hydrogens (tertiary/aromatic N) is 1. The summed E-state index contributed by atoms with van der Waals surface area (Å²) in [5.41, 5.74) is 5.19. The van der Waals surface area contributed by atoms with Crippen molar-refractivity contribution in [3.05, 3.63) is 46.3 Å². The van der Waals surface area contributed by atoms with Crippen molar-refractivity contribution in [1.82, 2.24) is 9.97 Å². The highest BCUT2D eigenvalue weighted by Crippen LogP contribution is 2.26. The van der Waals surface area contributed by atoms with Gasteiger partial charge in [-0.25, -0.2) is 9.37 Å². The van der Waals surface area contributed by atoms with Crippen molar-refractivity contribution in [3.63, 3.8) is 0 Å². The first kappa shape index (κ1) is 11.1. The minimum atomic E-state index is -0.525. The number of aromatic amines is 1. The Balaban J connectivity index is 2.42. The highest BCUT2D eigenvalue weighted by atomic mass is 19.1. The summed E-state index contributed by atoms with van der Waals surface area (Å²) in [5, 5.41) is 0. The Bertz CT molecular complexity index is 610. The van der Waals surface area contributed by atoms with Gasteiger partial charge in [0.25, 0.3) is 5.56 Å². The van der Waals surface area contributed by atoms with E-state index in [1.165, 1.54) is 6.07 Å². The van der Waals surface area contributed by atoms with Crippen LogP contribution in [-0.4, -0.2) is 9.97 Å². The van der Waals surface area contributed by atoms with E-state index in [-0.39, 0.29) is 17.3 Å². The zero-order valence-electron chi connectivity index (χ0n) is 9.03. The van der Waals surface area contributed by atoms with Gasteiger partial charge in [-0.1, -0.05) is 12.1 Å². The van der Waals surface area contributed by atoms with E-state index in [1.807, 2.05) is 0 Å². The molecule has 2 rings (SSSR count). The topological polar surface area (TPSA) is 81.0 Å². The zero-order valence-corrected chi connectivity index (χ0v) is 9.03. The molecule has 0 spiro atoms. The van der Waals surface area contributed by atoms with E-state index in [0.717, 1.165) is 6.33 Å². The van der Waals surface area contributed by atoms with E-state index in [9.17, 15) is 9.18 Å². The lowest BCUT2D eigenvalue weighted by Crippen LogP contribution is -2.13. The maximum atomic E-state index is 13.6. The number of ether oxygens (including phenoxy) is 1. The largest absolute Gasteiger partial charge is 0.434 e. The number of nitrogen functional groups attached to an aromatic ring is 1. The third kappa shape index (κ3) is 2.10. The van der Waals surface area contributed by atoms with Crippen LogP contribution >= 0.6 is 0 Å². The molecule has 5 nitrogen and oxygen atoms in total. The van der Waals surface area contributed by atoms with E-state index in [4.69, 9.17) is 10.5 Å². The number of nitrogens with two attached hydrogens (primary N) is 1. The SMILES string of the molecule is Cc1cccc(Oc2nc[nH]c(=O)c2N)c1F. The van der Waals surface area contributed by atoms with Crippen LogP contribution in [-0.2, 0) is 0 Å². The molecule has 0 saturated carbocycles. The molecule has 0 aliphatic rings. The third-order valence-corrected chi connectivity index (χ3v) is 2.22. The van der Waals surface area contributed by atoms with Gasteiger partial charge in [-0.15, -0.1) is 0 Å². The number of nitrogens with one attached hydrogen (secondary N) is 1. The summed E-state index contributed by atoms with van der Waals surface area (Å²) in [4.78, 5) is 17.2. The van der Waals surface area contributed by atoms with Crippen LogP contribution in [0.25, 0.3) is 0 Å². The number of hydrogen-bond acceptors (Lipinski definition) is 4. The second-order valence-corrected chi connectivity index (χ2v) is 3.44. The monoisotopic (exact) mass is 235 g/mol. The Kier molecular flexibility index (Phi) is 2.78. The summed E-state index contributed by atoms with van der Waals surface area (Å²) >= 11 is 0. The summed E-state index contributed by atoms with van der Waals surface area (Å²) < 4.78 is 18.8. The average Bonchev–Trinajstić information content (AvgIpc) is 2.31. The number of anilines is 1. The Morgan fingerprint density at radius 3 is 3.00 bits per heavy atom. The van der Waals surface area contributed by atoms with Crippen LogP contribution in [0.3, 0.4) is 0 Å². The molecule has 1 heterocycles. The smallest absolute Gasteiger partial charge is 0.277 e. The van der Waals surface area contributed by atoms with Gasteiger partial charge < -0.3 is 15.5 Å². The van der Waals surface area contributed by atoms with Crippen LogP contribution in [0.2, 0.25) is 0 Å². The fraction of sp³-hybridized carbons (Fsp3) is 0.0909. The molecule has 0 aliphatic carbocycles. The minimum absolute atomic E-state index is 0.0187. The van der Waals surface area contributed by atoms with Gasteiger partial charge in [-0.2, -0.15) is 0 Å². The first-order valence-electron chi connectivity index (χ1n) is 4.85. The van der Waals surface area contributed by atoms with E-state index >= 15 is 0 Å². The van der Waals surface area contributed by atoms with Gasteiger partial charge >= 0.3 is 0 Å². The lowest BCUT2D eigenvalue weighted by molar-refractivity contribution is 0.426. The fourth-order valence-corrected chi connectivity index (χ4v) is 1.28. The van der Waals surface area contributed by atoms with Crippen LogP contribution in [0, 0.1) is 12.7 Å². The van der Waals surface area contributed by atoms with Crippen molar-refractivity contribution >= 4 is 5.69 Å². The van der Waals surface area contributed by atoms with Crippen molar-refractivity contribution in [2.24, 2.45) is 0 Å². The van der Waals surface area contributed by atoms with Crippen molar-refractivity contribution in [3.8, 4) is 11.6 Å². The molecular formula is C11H10FN3O2. The number of H-pyrrole nitrogens is 1. The third-order valence-electron chi connectivity index (χ3n) is 2.22. The van der Waals surface area contributed by atoms with E-state index in [2.05, 4.69) is 9.97 Å². The normalized spacial score (nSPS) is 10.2. The van der Waals surface area contributed by atoms with Crippen LogP contribution in [0.4, 0.5) is 10.1 Å². The van der Waals surface area contributed by atoms with E-state index < -0.39 is 11.4 Å². The molecule has 0 atom stereocenters. The second-order valence-electron chi connectivity index (χ2n) is 3.44. The van der Waals surface area contributed by atoms with Crippen LogP contribution in [0.5, 0.6) is 11.6 Å². The number of hydrogen-bond donors (Lipinski definition) is 2. The highest BCUT2D eigenvalue weighted by molar-refractivity contribution is 5.47. The zero-order chi connectivity index (χ0) is 12.4. The molecule has 1 aromatic heterocycles. The van der Waals surface area contributed by atoms with Gasteiger partial charge in [0.1, 0.15) is 0 Å². The Morgan fingerprint density at radius 1 is 1.47 bits per heavy atom. The standard InChI is InChI=1S/C11H10FN3O2/c1-6-3-2-4-7(8(6)12)17-11-9(13)10(16)14-5-15-11/h2-5H,13H2,1H3,(H,14,15,16). The van der Waals surface area contributed by atoms with E-state index in [1.54, 1.807) is 19.1 Å². The molecule has 0 unspecified atom stereocenters. The Morgan fingerprint density at radius 2 is 2.24 bits per heavy atom. The maximum Gasteiger partial charge on any atom is 0.277 e. The summed E-state index contributed by atoms with van der Waals surface area (Å²) in [5.74, 6) is -0.637. The lowest BCUT2D eigenvalue weighted by atomic mass is 10.2. The molecule has 88 valence electrons.